The molecule has 0 bridgehead atoms. The molecule has 0 radical (unpaired) electrons. The van der Waals surface area contributed by atoms with E-state index in [0.717, 1.165) is 35.8 Å². The number of carbonyl (C=O) groups is 1. The minimum atomic E-state index is 0.122. The predicted octanol–water partition coefficient (Wildman–Crippen LogP) is 4.07. The first kappa shape index (κ1) is 13.9. The summed E-state index contributed by atoms with van der Waals surface area (Å²) in [6.07, 6.45) is 4.33. The van der Waals surface area contributed by atoms with Crippen molar-refractivity contribution >= 4 is 33.4 Å². The highest BCUT2D eigenvalue weighted by atomic mass is 79.9. The minimum Gasteiger partial charge on any atom is -0.336 e. The van der Waals surface area contributed by atoms with Crippen molar-refractivity contribution in [3.05, 3.63) is 34.3 Å². The first-order valence-corrected chi connectivity index (χ1v) is 7.68. The average molecular weight is 331 g/mol. The summed E-state index contributed by atoms with van der Waals surface area (Å²) in [5.74, 6) is 0.726. The number of benzene rings is 1. The number of halogens is 2. The van der Waals surface area contributed by atoms with Gasteiger partial charge in [0.05, 0.1) is 5.56 Å². The van der Waals surface area contributed by atoms with Gasteiger partial charge in [-0.15, -0.1) is 11.6 Å². The first-order chi connectivity index (χ1) is 8.74. The maximum atomic E-state index is 12.6. The second-order valence-electron chi connectivity index (χ2n) is 4.61. The molecule has 2 nitrogen and oxygen atoms in total. The average Bonchev–Trinajstić information content (AvgIpc) is 2.32. The van der Waals surface area contributed by atoms with Crippen molar-refractivity contribution in [1.82, 2.24) is 4.90 Å². The molecule has 0 heterocycles. The highest BCUT2D eigenvalue weighted by Gasteiger charge is 2.29. The van der Waals surface area contributed by atoms with E-state index in [1.165, 1.54) is 6.42 Å². The lowest BCUT2D eigenvalue weighted by molar-refractivity contribution is 0.0580. The summed E-state index contributed by atoms with van der Waals surface area (Å²) in [4.78, 5) is 14.6. The standard InChI is InChI=1S/C14H17BrClNO/c15-13-8-2-1-7-12(13)14(18)17(10-4-9-16)11-5-3-6-11/h1-2,7-8,11H,3-6,9-10H2. The molecule has 1 fully saturated rings. The molecule has 1 saturated carbocycles. The summed E-state index contributed by atoms with van der Waals surface area (Å²) in [5, 5.41) is 0. The van der Waals surface area contributed by atoms with Gasteiger partial charge in [0, 0.05) is 22.9 Å². The van der Waals surface area contributed by atoms with Gasteiger partial charge in [-0.05, 0) is 53.7 Å². The van der Waals surface area contributed by atoms with Crippen LogP contribution in [0.2, 0.25) is 0 Å². The fraction of sp³-hybridized carbons (Fsp3) is 0.500. The van der Waals surface area contributed by atoms with Crippen molar-refractivity contribution in [2.45, 2.75) is 31.7 Å². The van der Waals surface area contributed by atoms with Crippen LogP contribution in [0, 0.1) is 0 Å². The molecule has 98 valence electrons. The Balaban J connectivity index is 2.14. The van der Waals surface area contributed by atoms with Crippen molar-refractivity contribution in [3.8, 4) is 0 Å². The summed E-state index contributed by atoms with van der Waals surface area (Å²) in [6.45, 7) is 0.758. The SMILES string of the molecule is O=C(c1ccccc1Br)N(CCCCl)C1CCC1. The lowest BCUT2D eigenvalue weighted by Gasteiger charge is -2.37. The quantitative estimate of drug-likeness (QED) is 0.745. The summed E-state index contributed by atoms with van der Waals surface area (Å²) in [7, 11) is 0. The van der Waals surface area contributed by atoms with Crippen molar-refractivity contribution in [2.75, 3.05) is 12.4 Å². The zero-order valence-corrected chi connectivity index (χ0v) is 12.6. The largest absolute Gasteiger partial charge is 0.336 e. The van der Waals surface area contributed by atoms with E-state index in [9.17, 15) is 4.79 Å². The number of alkyl halides is 1. The zero-order valence-electron chi connectivity index (χ0n) is 10.2. The van der Waals surface area contributed by atoms with E-state index in [0.29, 0.717) is 11.9 Å². The van der Waals surface area contributed by atoms with Gasteiger partial charge in [-0.1, -0.05) is 12.1 Å². The van der Waals surface area contributed by atoms with E-state index in [-0.39, 0.29) is 5.91 Å². The van der Waals surface area contributed by atoms with Crippen LogP contribution >= 0.6 is 27.5 Å². The van der Waals surface area contributed by atoms with Gasteiger partial charge in [-0.3, -0.25) is 4.79 Å². The van der Waals surface area contributed by atoms with E-state index in [2.05, 4.69) is 15.9 Å². The number of carbonyl (C=O) groups excluding carboxylic acids is 1. The number of amides is 1. The second-order valence-corrected chi connectivity index (χ2v) is 5.84. The predicted molar refractivity (Wildman–Crippen MR) is 78.2 cm³/mol. The summed E-state index contributed by atoms with van der Waals surface area (Å²) in [6, 6.07) is 8.02. The molecular weight excluding hydrogens is 314 g/mol. The van der Waals surface area contributed by atoms with Crippen molar-refractivity contribution in [1.29, 1.82) is 0 Å². The molecule has 0 spiro atoms. The normalized spacial score (nSPS) is 15.2. The third-order valence-electron chi connectivity index (χ3n) is 3.41. The topological polar surface area (TPSA) is 20.3 Å². The third-order valence-corrected chi connectivity index (χ3v) is 4.37. The summed E-state index contributed by atoms with van der Waals surface area (Å²) in [5.41, 5.74) is 0.749. The Morgan fingerprint density at radius 1 is 1.39 bits per heavy atom. The van der Waals surface area contributed by atoms with E-state index >= 15 is 0 Å². The van der Waals surface area contributed by atoms with Crippen LogP contribution in [0.5, 0.6) is 0 Å². The Hall–Kier alpha value is -0.540. The fourth-order valence-corrected chi connectivity index (χ4v) is 2.74. The molecule has 0 atom stereocenters. The Bertz CT molecular complexity index is 420. The van der Waals surface area contributed by atoms with E-state index in [4.69, 9.17) is 11.6 Å². The highest BCUT2D eigenvalue weighted by molar-refractivity contribution is 9.10. The maximum Gasteiger partial charge on any atom is 0.255 e. The Morgan fingerprint density at radius 2 is 2.11 bits per heavy atom. The molecule has 0 aromatic heterocycles. The number of hydrogen-bond acceptors (Lipinski definition) is 1. The van der Waals surface area contributed by atoms with E-state index in [1.54, 1.807) is 0 Å². The molecule has 4 heteroatoms. The second kappa shape index (κ2) is 6.58. The van der Waals surface area contributed by atoms with Crippen molar-refractivity contribution in [2.24, 2.45) is 0 Å². The van der Waals surface area contributed by atoms with Gasteiger partial charge < -0.3 is 4.90 Å². The molecule has 0 N–H and O–H groups in total. The van der Waals surface area contributed by atoms with Gasteiger partial charge in [0.1, 0.15) is 0 Å². The van der Waals surface area contributed by atoms with Crippen LogP contribution in [0.25, 0.3) is 0 Å². The van der Waals surface area contributed by atoms with Gasteiger partial charge in [0.15, 0.2) is 0 Å². The van der Waals surface area contributed by atoms with Crippen molar-refractivity contribution < 1.29 is 4.79 Å². The molecular formula is C14H17BrClNO. The van der Waals surface area contributed by atoms with Gasteiger partial charge >= 0.3 is 0 Å². The minimum absolute atomic E-state index is 0.122. The number of nitrogens with zero attached hydrogens (tertiary/aromatic N) is 1. The van der Waals surface area contributed by atoms with Crippen LogP contribution in [-0.4, -0.2) is 29.3 Å². The van der Waals surface area contributed by atoms with Crippen LogP contribution < -0.4 is 0 Å². The zero-order chi connectivity index (χ0) is 13.0. The lowest BCUT2D eigenvalue weighted by Crippen LogP contribution is -2.45. The monoisotopic (exact) mass is 329 g/mol. The molecule has 1 aliphatic carbocycles. The summed E-state index contributed by atoms with van der Waals surface area (Å²) >= 11 is 9.20. The Morgan fingerprint density at radius 3 is 2.67 bits per heavy atom. The van der Waals surface area contributed by atoms with Crippen LogP contribution in [0.15, 0.2) is 28.7 Å². The van der Waals surface area contributed by atoms with Gasteiger partial charge in [-0.2, -0.15) is 0 Å². The van der Waals surface area contributed by atoms with E-state index in [1.807, 2.05) is 29.2 Å². The highest BCUT2D eigenvalue weighted by Crippen LogP contribution is 2.28. The Kier molecular flexibility index (Phi) is 5.07. The Labute approximate surface area is 121 Å². The van der Waals surface area contributed by atoms with Crippen LogP contribution in [0.4, 0.5) is 0 Å². The molecule has 1 aromatic rings. The van der Waals surface area contributed by atoms with Gasteiger partial charge in [0.25, 0.3) is 5.91 Å². The molecule has 1 aliphatic rings. The number of hydrogen-bond donors (Lipinski definition) is 0. The van der Waals surface area contributed by atoms with Crippen LogP contribution in [0.3, 0.4) is 0 Å². The van der Waals surface area contributed by atoms with Crippen LogP contribution in [0.1, 0.15) is 36.0 Å². The molecule has 0 unspecified atom stereocenters. The van der Waals surface area contributed by atoms with Crippen LogP contribution in [-0.2, 0) is 0 Å². The molecule has 18 heavy (non-hydrogen) atoms. The first-order valence-electron chi connectivity index (χ1n) is 6.35. The molecule has 2 rings (SSSR count). The molecule has 0 aliphatic heterocycles. The van der Waals surface area contributed by atoms with Crippen molar-refractivity contribution in [3.63, 3.8) is 0 Å². The molecule has 0 saturated heterocycles. The summed E-state index contributed by atoms with van der Waals surface area (Å²) < 4.78 is 0.866. The smallest absolute Gasteiger partial charge is 0.255 e. The molecule has 1 amide bonds. The molecule has 1 aromatic carbocycles. The third kappa shape index (κ3) is 3.07. The fourth-order valence-electron chi connectivity index (χ4n) is 2.17. The number of rotatable bonds is 5. The van der Waals surface area contributed by atoms with Gasteiger partial charge in [0.2, 0.25) is 0 Å². The lowest BCUT2D eigenvalue weighted by atomic mass is 9.91. The van der Waals surface area contributed by atoms with Gasteiger partial charge in [-0.25, -0.2) is 0 Å². The van der Waals surface area contributed by atoms with E-state index < -0.39 is 0 Å². The maximum absolute atomic E-state index is 12.6.